The number of hydrogen-bond acceptors (Lipinski definition) is 4. The van der Waals surface area contributed by atoms with Crippen molar-refractivity contribution in [3.05, 3.63) is 29.8 Å². The van der Waals surface area contributed by atoms with Gasteiger partial charge in [-0.15, -0.1) is 0 Å². The van der Waals surface area contributed by atoms with Gasteiger partial charge in [-0.25, -0.2) is 0 Å². The summed E-state index contributed by atoms with van der Waals surface area (Å²) in [5.41, 5.74) is 1.23. The number of quaternary nitrogens is 1. The summed E-state index contributed by atoms with van der Waals surface area (Å²) in [6, 6.07) is 8.11. The van der Waals surface area contributed by atoms with Gasteiger partial charge in [0.1, 0.15) is 24.9 Å². The summed E-state index contributed by atoms with van der Waals surface area (Å²) in [4.78, 5) is 10.3. The number of aliphatic hydroxyl groups excluding tert-OH is 1. The van der Waals surface area contributed by atoms with Gasteiger partial charge in [0, 0.05) is 11.5 Å². The molecule has 0 spiro atoms. The van der Waals surface area contributed by atoms with Crippen molar-refractivity contribution >= 4 is 5.97 Å². The minimum absolute atomic E-state index is 0.222. The fraction of sp³-hybridized carbons (Fsp3) is 0.682. The molecule has 5 heteroatoms. The molecule has 156 valence electrons. The third kappa shape index (κ3) is 11.7. The normalized spacial score (nSPS) is 13.3. The minimum Gasteiger partial charge on any atom is -0.550 e. The summed E-state index contributed by atoms with van der Waals surface area (Å²) in [5, 5.41) is 20.1. The van der Waals surface area contributed by atoms with E-state index >= 15 is 0 Å². The van der Waals surface area contributed by atoms with Gasteiger partial charge in [-0.2, -0.15) is 0 Å². The molecule has 2 unspecified atom stereocenters. The fourth-order valence-electron chi connectivity index (χ4n) is 2.97. The first-order valence-corrected chi connectivity index (χ1v) is 10.0. The molecule has 0 saturated carbocycles. The van der Waals surface area contributed by atoms with Gasteiger partial charge < -0.3 is 24.2 Å². The van der Waals surface area contributed by atoms with Crippen LogP contribution in [0.25, 0.3) is 0 Å². The summed E-state index contributed by atoms with van der Waals surface area (Å²) < 4.78 is 6.00. The van der Waals surface area contributed by atoms with Gasteiger partial charge >= 0.3 is 0 Å². The molecule has 0 aromatic heterocycles. The number of rotatable bonds is 11. The summed E-state index contributed by atoms with van der Waals surface area (Å²) in [7, 11) is 5.96. The van der Waals surface area contributed by atoms with Gasteiger partial charge in [0.25, 0.3) is 0 Å². The number of carbonyl (C=O) groups excluding carboxylic acids is 1. The topological polar surface area (TPSA) is 69.6 Å². The van der Waals surface area contributed by atoms with Crippen molar-refractivity contribution in [2.75, 3.05) is 27.7 Å². The molecule has 0 fully saturated rings. The lowest BCUT2D eigenvalue weighted by Gasteiger charge is -2.31. The van der Waals surface area contributed by atoms with Gasteiger partial charge in [0.05, 0.1) is 21.2 Å². The molecule has 1 aromatic carbocycles. The molecule has 5 nitrogen and oxygen atoms in total. The van der Waals surface area contributed by atoms with E-state index in [9.17, 15) is 15.0 Å². The largest absolute Gasteiger partial charge is 0.550 e. The van der Waals surface area contributed by atoms with E-state index in [2.05, 4.69) is 33.2 Å². The first-order chi connectivity index (χ1) is 12.7. The van der Waals surface area contributed by atoms with Crippen LogP contribution in [0.1, 0.15) is 58.4 Å². The standard InChI is InChI=1S/C14H24NO2.C8H16O2/c1-5-13(16)11-15(2,3)10-12-7-6-8-14(9-12)17-4;1-3-5-6-7(4-2)8(9)10/h6-9,13,16H,5,10-11H2,1-4H3;7H,3-6H2,1-2H3,(H,9,10)/q+1;/p-1. The van der Waals surface area contributed by atoms with E-state index in [0.29, 0.717) is 6.42 Å². The Hall–Kier alpha value is -1.59. The molecule has 27 heavy (non-hydrogen) atoms. The third-order valence-corrected chi connectivity index (χ3v) is 4.65. The van der Waals surface area contributed by atoms with Crippen LogP contribution < -0.4 is 9.84 Å². The second-order valence-corrected chi connectivity index (χ2v) is 7.76. The molecule has 0 radical (unpaired) electrons. The van der Waals surface area contributed by atoms with Crippen LogP contribution in [-0.4, -0.2) is 49.4 Å². The molecule has 1 rings (SSSR count). The Morgan fingerprint density at radius 1 is 1.22 bits per heavy atom. The summed E-state index contributed by atoms with van der Waals surface area (Å²) >= 11 is 0. The highest BCUT2D eigenvalue weighted by Gasteiger charge is 2.20. The third-order valence-electron chi connectivity index (χ3n) is 4.65. The van der Waals surface area contributed by atoms with E-state index in [1.54, 1.807) is 7.11 Å². The van der Waals surface area contributed by atoms with Gasteiger partial charge in [0.2, 0.25) is 0 Å². The number of likely N-dealkylation sites (N-methyl/N-ethyl adjacent to an activating group) is 1. The van der Waals surface area contributed by atoms with E-state index in [4.69, 9.17) is 4.74 Å². The number of benzene rings is 1. The van der Waals surface area contributed by atoms with E-state index in [-0.39, 0.29) is 12.0 Å². The lowest BCUT2D eigenvalue weighted by atomic mass is 10.00. The molecule has 0 aliphatic heterocycles. The summed E-state index contributed by atoms with van der Waals surface area (Å²) in [6.45, 7) is 7.62. The van der Waals surface area contributed by atoms with Gasteiger partial charge in [-0.05, 0) is 37.3 Å². The maximum atomic E-state index is 10.3. The fourth-order valence-corrected chi connectivity index (χ4v) is 2.97. The monoisotopic (exact) mass is 381 g/mol. The Balaban J connectivity index is 0.000000580. The zero-order valence-corrected chi connectivity index (χ0v) is 18.0. The molecule has 1 aromatic rings. The second kappa shape index (κ2) is 13.6. The molecular weight excluding hydrogens is 342 g/mol. The number of ether oxygens (including phenoxy) is 1. The van der Waals surface area contributed by atoms with Crippen LogP contribution in [0, 0.1) is 5.92 Å². The van der Waals surface area contributed by atoms with Crippen molar-refractivity contribution in [1.29, 1.82) is 0 Å². The SMILES string of the molecule is CCC(O)C[N+](C)(C)Cc1cccc(OC)c1.CCCCC(CC)C(=O)[O-]. The molecule has 1 N–H and O–H groups in total. The van der Waals surface area contributed by atoms with Gasteiger partial charge in [0.15, 0.2) is 0 Å². The predicted molar refractivity (Wildman–Crippen MR) is 108 cm³/mol. The van der Waals surface area contributed by atoms with Crippen LogP contribution in [0.15, 0.2) is 24.3 Å². The number of carbonyl (C=O) groups is 1. The number of carboxylic acid groups (broad SMARTS) is 1. The van der Waals surface area contributed by atoms with Crippen molar-refractivity contribution in [2.24, 2.45) is 5.92 Å². The molecule has 0 bridgehead atoms. The predicted octanol–water partition coefficient (Wildman–Crippen LogP) is 3.00. The summed E-state index contributed by atoms with van der Waals surface area (Å²) in [5.74, 6) is -0.227. The van der Waals surface area contributed by atoms with Crippen LogP contribution >= 0.6 is 0 Å². The van der Waals surface area contributed by atoms with Crippen LogP contribution in [0.5, 0.6) is 5.75 Å². The number of methoxy groups -OCH3 is 1. The average Bonchev–Trinajstić information content (AvgIpc) is 2.61. The molecule has 0 aliphatic rings. The molecule has 0 saturated heterocycles. The quantitative estimate of drug-likeness (QED) is 0.598. The van der Waals surface area contributed by atoms with E-state index in [1.807, 2.05) is 26.0 Å². The Bertz CT molecular complexity index is 531. The van der Waals surface area contributed by atoms with Crippen molar-refractivity contribution in [1.82, 2.24) is 0 Å². The van der Waals surface area contributed by atoms with Crippen LogP contribution in [-0.2, 0) is 11.3 Å². The van der Waals surface area contributed by atoms with Crippen molar-refractivity contribution in [2.45, 2.75) is 65.5 Å². The average molecular weight is 382 g/mol. The van der Waals surface area contributed by atoms with E-state index < -0.39 is 5.97 Å². The lowest BCUT2D eigenvalue weighted by molar-refractivity contribution is -0.906. The van der Waals surface area contributed by atoms with Crippen molar-refractivity contribution in [3.63, 3.8) is 0 Å². The first-order valence-electron chi connectivity index (χ1n) is 10.0. The number of aliphatic carboxylic acids is 1. The number of unbranched alkanes of at least 4 members (excludes halogenated alkanes) is 1. The van der Waals surface area contributed by atoms with Crippen molar-refractivity contribution < 1.29 is 24.2 Å². The minimum atomic E-state index is -0.893. The van der Waals surface area contributed by atoms with Gasteiger partial charge in [-0.3, -0.25) is 0 Å². The first kappa shape index (κ1) is 25.4. The number of carboxylic acids is 1. The van der Waals surface area contributed by atoms with Crippen LogP contribution in [0.3, 0.4) is 0 Å². The zero-order chi connectivity index (χ0) is 20.9. The Morgan fingerprint density at radius 3 is 2.37 bits per heavy atom. The maximum Gasteiger partial charge on any atom is 0.119 e. The lowest BCUT2D eigenvalue weighted by Crippen LogP contribution is -2.44. The molecule has 2 atom stereocenters. The molecular formula is C22H39NO4. The van der Waals surface area contributed by atoms with Crippen LogP contribution in [0.2, 0.25) is 0 Å². The van der Waals surface area contributed by atoms with Gasteiger partial charge in [-0.1, -0.05) is 45.7 Å². The smallest absolute Gasteiger partial charge is 0.119 e. The number of nitrogens with zero attached hydrogens (tertiary/aromatic N) is 1. The second-order valence-electron chi connectivity index (χ2n) is 7.76. The molecule has 0 aliphatic carbocycles. The van der Waals surface area contributed by atoms with E-state index in [0.717, 1.165) is 49.0 Å². The number of hydrogen-bond donors (Lipinski definition) is 1. The highest BCUT2D eigenvalue weighted by atomic mass is 16.5. The Morgan fingerprint density at radius 2 is 1.89 bits per heavy atom. The van der Waals surface area contributed by atoms with E-state index in [1.165, 1.54) is 5.56 Å². The Kier molecular flexibility index (Phi) is 12.8. The highest BCUT2D eigenvalue weighted by molar-refractivity contribution is 5.67. The molecule has 0 heterocycles. The highest BCUT2D eigenvalue weighted by Crippen LogP contribution is 2.17. The zero-order valence-electron chi connectivity index (χ0n) is 18.0. The Labute approximate surface area is 165 Å². The molecule has 0 amide bonds. The summed E-state index contributed by atoms with van der Waals surface area (Å²) in [6.07, 6.45) is 4.10. The number of aliphatic hydroxyl groups is 1. The maximum absolute atomic E-state index is 10.3. The van der Waals surface area contributed by atoms with Crippen molar-refractivity contribution in [3.8, 4) is 5.75 Å². The van der Waals surface area contributed by atoms with Crippen LogP contribution in [0.4, 0.5) is 0 Å².